The minimum Gasteiger partial charge on any atom is -0.393 e. The van der Waals surface area contributed by atoms with Crippen LogP contribution in [0.25, 0.3) is 0 Å². The van der Waals surface area contributed by atoms with E-state index >= 15 is 0 Å². The average molecular weight is 463 g/mol. The fraction of sp³-hybridized carbons (Fsp3) is 0.421. The number of rotatable bonds is 5. The first-order valence-electron chi connectivity index (χ1n) is 9.16. The van der Waals surface area contributed by atoms with Gasteiger partial charge in [0.05, 0.1) is 11.5 Å². The van der Waals surface area contributed by atoms with Crippen LogP contribution in [0.3, 0.4) is 0 Å². The highest BCUT2D eigenvalue weighted by atomic mass is 32.2. The number of hydrogen-bond acceptors (Lipinski definition) is 6. The normalized spacial score (nSPS) is 20.8. The maximum absolute atomic E-state index is 13.1. The Hall–Kier alpha value is -1.79. The maximum atomic E-state index is 13.1. The molecular weight excluding hydrogens is 441 g/mol. The summed E-state index contributed by atoms with van der Waals surface area (Å²) in [5, 5.41) is 18.9. The van der Waals surface area contributed by atoms with Crippen LogP contribution in [0.5, 0.6) is 0 Å². The van der Waals surface area contributed by atoms with E-state index in [-0.39, 0.29) is 18.0 Å². The molecular formula is C19H21F3N2O4S2. The van der Waals surface area contributed by atoms with E-state index in [0.29, 0.717) is 30.1 Å². The summed E-state index contributed by atoms with van der Waals surface area (Å²) in [7, 11) is -3.70. The van der Waals surface area contributed by atoms with Crippen LogP contribution in [0, 0.1) is 0 Å². The first kappa shape index (κ1) is 22.9. The summed E-state index contributed by atoms with van der Waals surface area (Å²) >= 11 is 5.17. The smallest absolute Gasteiger partial charge is 0.393 e. The monoisotopic (exact) mass is 462 g/mol. The first-order valence-corrected chi connectivity index (χ1v) is 11.0. The van der Waals surface area contributed by atoms with Gasteiger partial charge in [-0.3, -0.25) is 0 Å². The molecule has 0 unspecified atom stereocenters. The van der Waals surface area contributed by atoms with Crippen molar-refractivity contribution in [1.29, 1.82) is 0 Å². The third-order valence-corrected chi connectivity index (χ3v) is 7.73. The maximum Gasteiger partial charge on any atom is 0.423 e. The van der Waals surface area contributed by atoms with Gasteiger partial charge in [-0.05, 0) is 23.8 Å². The lowest BCUT2D eigenvalue weighted by Crippen LogP contribution is -2.49. The quantitative estimate of drug-likeness (QED) is 0.653. The number of anilines is 1. The SMILES string of the molecule is O=S(=O)(C1=CC=CCC1=S)N1CCN(c2ccc([C@@](O)(CO)C(F)(F)F)cc2)CC1. The van der Waals surface area contributed by atoms with Crippen molar-refractivity contribution in [1.82, 2.24) is 4.31 Å². The largest absolute Gasteiger partial charge is 0.423 e. The second-order valence-electron chi connectivity index (χ2n) is 7.04. The summed E-state index contributed by atoms with van der Waals surface area (Å²) < 4.78 is 66.3. The summed E-state index contributed by atoms with van der Waals surface area (Å²) in [4.78, 5) is 2.35. The molecule has 1 atom stereocenters. The van der Waals surface area contributed by atoms with Gasteiger partial charge in [0.25, 0.3) is 0 Å². The second-order valence-corrected chi connectivity index (χ2v) is 9.44. The predicted molar refractivity (Wildman–Crippen MR) is 111 cm³/mol. The molecule has 0 bridgehead atoms. The molecule has 1 saturated heterocycles. The van der Waals surface area contributed by atoms with E-state index in [1.807, 2.05) is 4.90 Å². The molecule has 11 heteroatoms. The summed E-state index contributed by atoms with van der Waals surface area (Å²) in [6, 6.07) is 5.05. The van der Waals surface area contributed by atoms with Gasteiger partial charge < -0.3 is 15.1 Å². The number of allylic oxidation sites excluding steroid dienone is 4. The molecule has 2 N–H and O–H groups in total. The molecule has 0 aromatic heterocycles. The van der Waals surface area contributed by atoms with E-state index < -0.39 is 34.0 Å². The fourth-order valence-electron chi connectivity index (χ4n) is 3.37. The molecule has 1 aliphatic heterocycles. The van der Waals surface area contributed by atoms with Crippen LogP contribution in [0.2, 0.25) is 0 Å². The lowest BCUT2D eigenvalue weighted by molar-refractivity contribution is -0.277. The summed E-state index contributed by atoms with van der Waals surface area (Å²) in [5.41, 5.74) is -3.21. The summed E-state index contributed by atoms with van der Waals surface area (Å²) in [5.74, 6) is 0. The molecule has 1 aliphatic carbocycles. The van der Waals surface area contributed by atoms with Crippen molar-refractivity contribution in [3.63, 3.8) is 0 Å². The van der Waals surface area contributed by atoms with E-state index in [0.717, 1.165) is 12.1 Å². The van der Waals surface area contributed by atoms with Crippen LogP contribution in [-0.4, -0.2) is 66.8 Å². The van der Waals surface area contributed by atoms with Gasteiger partial charge >= 0.3 is 6.18 Å². The molecule has 0 spiro atoms. The first-order chi connectivity index (χ1) is 14.0. The molecule has 3 rings (SSSR count). The number of sulfonamides is 1. The third-order valence-electron chi connectivity index (χ3n) is 5.23. The van der Waals surface area contributed by atoms with Crippen LogP contribution in [0.15, 0.2) is 47.4 Å². The van der Waals surface area contributed by atoms with Crippen LogP contribution >= 0.6 is 12.2 Å². The lowest BCUT2D eigenvalue weighted by Gasteiger charge is -2.36. The number of hydrogen-bond donors (Lipinski definition) is 2. The standard InChI is InChI=1S/C19H21F3N2O4S2/c20-19(21,22)18(26,13-25)14-5-7-15(8-6-14)23-9-11-24(12-10-23)30(27,28)17-4-2-1-3-16(17)29/h1-2,4-8,25-26H,3,9-13H2/t18-/m0/s1. The zero-order chi connectivity index (χ0) is 22.2. The fourth-order valence-corrected chi connectivity index (χ4v) is 5.40. The second kappa shape index (κ2) is 8.39. The number of alkyl halides is 3. The highest BCUT2D eigenvalue weighted by Gasteiger charge is 2.54. The van der Waals surface area contributed by atoms with Gasteiger partial charge in [0.15, 0.2) is 0 Å². The molecule has 0 amide bonds. The molecule has 2 aliphatic rings. The Morgan fingerprint density at radius 1 is 1.07 bits per heavy atom. The van der Waals surface area contributed by atoms with E-state index in [2.05, 4.69) is 0 Å². The number of aliphatic hydroxyl groups is 2. The van der Waals surface area contributed by atoms with Crippen molar-refractivity contribution in [3.05, 3.63) is 53.0 Å². The zero-order valence-corrected chi connectivity index (χ0v) is 17.5. The minimum absolute atomic E-state index is 0.133. The molecule has 6 nitrogen and oxygen atoms in total. The van der Waals surface area contributed by atoms with Crippen molar-refractivity contribution in [2.75, 3.05) is 37.7 Å². The number of aliphatic hydroxyl groups excluding tert-OH is 1. The number of halogens is 3. The van der Waals surface area contributed by atoms with E-state index in [9.17, 15) is 26.7 Å². The van der Waals surface area contributed by atoms with E-state index in [1.165, 1.54) is 22.5 Å². The molecule has 1 fully saturated rings. The Balaban J connectivity index is 1.71. The molecule has 164 valence electrons. The van der Waals surface area contributed by atoms with Gasteiger partial charge in [-0.1, -0.05) is 36.5 Å². The molecule has 30 heavy (non-hydrogen) atoms. The predicted octanol–water partition coefficient (Wildman–Crippen LogP) is 2.09. The van der Waals surface area contributed by atoms with Gasteiger partial charge in [-0.15, -0.1) is 0 Å². The summed E-state index contributed by atoms with van der Waals surface area (Å²) in [6.07, 6.45) is 0.335. The van der Waals surface area contributed by atoms with Crippen LogP contribution < -0.4 is 4.90 Å². The van der Waals surface area contributed by atoms with Crippen LogP contribution in [-0.2, 0) is 15.6 Å². The van der Waals surface area contributed by atoms with Crippen molar-refractivity contribution in [3.8, 4) is 0 Å². The Kier molecular flexibility index (Phi) is 6.40. The molecule has 1 aromatic rings. The van der Waals surface area contributed by atoms with Crippen molar-refractivity contribution < 1.29 is 31.8 Å². The molecule has 1 aromatic carbocycles. The van der Waals surface area contributed by atoms with Crippen molar-refractivity contribution >= 4 is 32.8 Å². The van der Waals surface area contributed by atoms with Crippen LogP contribution in [0.1, 0.15) is 12.0 Å². The molecule has 0 radical (unpaired) electrons. The van der Waals surface area contributed by atoms with Crippen molar-refractivity contribution in [2.45, 2.75) is 18.2 Å². The van der Waals surface area contributed by atoms with Gasteiger partial charge in [0.1, 0.15) is 0 Å². The number of nitrogens with zero attached hydrogens (tertiary/aromatic N) is 2. The Bertz CT molecular complexity index is 966. The lowest BCUT2D eigenvalue weighted by atomic mass is 9.94. The van der Waals surface area contributed by atoms with Gasteiger partial charge in [0.2, 0.25) is 15.6 Å². The topological polar surface area (TPSA) is 81.1 Å². The van der Waals surface area contributed by atoms with Gasteiger partial charge in [-0.25, -0.2) is 8.42 Å². The Morgan fingerprint density at radius 2 is 1.67 bits per heavy atom. The number of thiocarbonyl (C=S) groups is 1. The highest BCUT2D eigenvalue weighted by Crippen LogP contribution is 2.39. The molecule has 1 heterocycles. The highest BCUT2D eigenvalue weighted by molar-refractivity contribution is 7.96. The van der Waals surface area contributed by atoms with Gasteiger partial charge in [0, 0.05) is 43.2 Å². The average Bonchev–Trinajstić information content (AvgIpc) is 2.72. The third kappa shape index (κ3) is 4.17. The van der Waals surface area contributed by atoms with E-state index in [1.54, 1.807) is 12.2 Å². The number of piperazine rings is 1. The number of benzene rings is 1. The van der Waals surface area contributed by atoms with Gasteiger partial charge in [-0.2, -0.15) is 17.5 Å². The Labute approximate surface area is 178 Å². The molecule has 0 saturated carbocycles. The van der Waals surface area contributed by atoms with Crippen molar-refractivity contribution in [2.24, 2.45) is 0 Å². The zero-order valence-electron chi connectivity index (χ0n) is 15.8. The minimum atomic E-state index is -5.02. The summed E-state index contributed by atoms with van der Waals surface area (Å²) in [6.45, 7) is -0.386. The Morgan fingerprint density at radius 3 is 2.17 bits per heavy atom. The van der Waals surface area contributed by atoms with E-state index in [4.69, 9.17) is 17.3 Å². The van der Waals surface area contributed by atoms with Crippen LogP contribution in [0.4, 0.5) is 18.9 Å².